The molecule has 0 saturated carbocycles. The zero-order valence-corrected chi connectivity index (χ0v) is 15.5. The summed E-state index contributed by atoms with van der Waals surface area (Å²) in [6.45, 7) is 0.251. The molecule has 1 amide bonds. The molecule has 8 nitrogen and oxygen atoms in total. The molecule has 0 bridgehead atoms. The summed E-state index contributed by atoms with van der Waals surface area (Å²) >= 11 is 6.09. The molecule has 0 fully saturated rings. The summed E-state index contributed by atoms with van der Waals surface area (Å²) in [5.41, 5.74) is 7.48. The summed E-state index contributed by atoms with van der Waals surface area (Å²) < 4.78 is 11.8. The Kier molecular flexibility index (Phi) is 5.46. The van der Waals surface area contributed by atoms with E-state index in [9.17, 15) is 4.79 Å². The number of methoxy groups -OCH3 is 2. The van der Waals surface area contributed by atoms with E-state index in [-0.39, 0.29) is 18.1 Å². The first-order valence-electron chi connectivity index (χ1n) is 8.00. The van der Waals surface area contributed by atoms with E-state index in [0.29, 0.717) is 22.2 Å². The molecule has 0 spiro atoms. The number of ether oxygens (including phenoxy) is 2. The van der Waals surface area contributed by atoms with Crippen molar-refractivity contribution in [2.75, 3.05) is 20.0 Å². The Balaban J connectivity index is 1.80. The van der Waals surface area contributed by atoms with Gasteiger partial charge in [-0.15, -0.1) is 5.10 Å². The number of rotatable bonds is 6. The molecule has 0 unspecified atom stereocenters. The molecule has 0 aliphatic heterocycles. The average Bonchev–Trinajstić information content (AvgIpc) is 3.08. The van der Waals surface area contributed by atoms with Crippen molar-refractivity contribution in [3.8, 4) is 17.2 Å². The molecular weight excluding hydrogens is 370 g/mol. The highest BCUT2D eigenvalue weighted by molar-refractivity contribution is 6.31. The van der Waals surface area contributed by atoms with Crippen molar-refractivity contribution in [2.24, 2.45) is 0 Å². The lowest BCUT2D eigenvalue weighted by atomic mass is 10.2. The zero-order valence-electron chi connectivity index (χ0n) is 14.8. The van der Waals surface area contributed by atoms with Crippen LogP contribution in [-0.4, -0.2) is 35.1 Å². The van der Waals surface area contributed by atoms with Gasteiger partial charge >= 0.3 is 0 Å². The molecule has 1 heterocycles. The fourth-order valence-corrected chi connectivity index (χ4v) is 2.70. The van der Waals surface area contributed by atoms with Crippen molar-refractivity contribution < 1.29 is 14.3 Å². The van der Waals surface area contributed by atoms with Gasteiger partial charge in [-0.1, -0.05) is 35.0 Å². The van der Waals surface area contributed by atoms with Gasteiger partial charge < -0.3 is 20.5 Å². The Labute approximate surface area is 160 Å². The molecule has 0 radical (unpaired) electrons. The fraction of sp³-hybridized carbons (Fsp3) is 0.167. The summed E-state index contributed by atoms with van der Waals surface area (Å²) in [4.78, 5) is 12.4. The highest BCUT2D eigenvalue weighted by atomic mass is 35.5. The Morgan fingerprint density at radius 1 is 1.19 bits per heavy atom. The quantitative estimate of drug-likeness (QED) is 0.673. The zero-order chi connectivity index (χ0) is 19.4. The summed E-state index contributed by atoms with van der Waals surface area (Å²) in [6, 6.07) is 12.4. The standard InChI is InChI=1S/C18H18ClN5O3/c1-26-14-8-7-12(9-15(14)27-2)24-17(20)16(22-23-24)18(25)21-10-11-5-3-4-6-13(11)19/h3-9H,10,20H2,1-2H3,(H,21,25). The van der Waals surface area contributed by atoms with Crippen LogP contribution in [0.15, 0.2) is 42.5 Å². The van der Waals surface area contributed by atoms with Gasteiger partial charge in [0, 0.05) is 17.6 Å². The van der Waals surface area contributed by atoms with Crippen molar-refractivity contribution >= 4 is 23.3 Å². The average molecular weight is 388 g/mol. The SMILES string of the molecule is COc1ccc(-n2nnc(C(=O)NCc3ccccc3Cl)c2N)cc1OC. The van der Waals surface area contributed by atoms with Crippen molar-refractivity contribution in [1.82, 2.24) is 20.3 Å². The number of halogens is 1. The summed E-state index contributed by atoms with van der Waals surface area (Å²) in [5, 5.41) is 11.2. The number of benzene rings is 2. The van der Waals surface area contributed by atoms with E-state index in [4.69, 9.17) is 26.8 Å². The van der Waals surface area contributed by atoms with Gasteiger partial charge in [0.2, 0.25) is 0 Å². The van der Waals surface area contributed by atoms with Gasteiger partial charge in [-0.3, -0.25) is 4.79 Å². The number of nitrogens with zero attached hydrogens (tertiary/aromatic N) is 3. The molecule has 2 aromatic carbocycles. The third-order valence-corrected chi connectivity index (χ3v) is 4.30. The molecule has 3 aromatic rings. The van der Waals surface area contributed by atoms with Crippen LogP contribution in [0.25, 0.3) is 5.69 Å². The van der Waals surface area contributed by atoms with Crippen LogP contribution in [0.4, 0.5) is 5.82 Å². The topological polar surface area (TPSA) is 104 Å². The third-order valence-electron chi connectivity index (χ3n) is 3.93. The Hall–Kier alpha value is -3.26. The summed E-state index contributed by atoms with van der Waals surface area (Å²) in [5.74, 6) is 0.741. The number of anilines is 1. The highest BCUT2D eigenvalue weighted by Gasteiger charge is 2.19. The highest BCUT2D eigenvalue weighted by Crippen LogP contribution is 2.29. The van der Waals surface area contributed by atoms with Crippen LogP contribution in [0.5, 0.6) is 11.5 Å². The van der Waals surface area contributed by atoms with Gasteiger partial charge in [0.1, 0.15) is 0 Å². The van der Waals surface area contributed by atoms with Gasteiger partial charge in [0.25, 0.3) is 5.91 Å². The molecule has 0 atom stereocenters. The minimum Gasteiger partial charge on any atom is -0.493 e. The molecule has 0 aliphatic carbocycles. The number of nitrogens with two attached hydrogens (primary N) is 1. The number of carbonyl (C=O) groups is 1. The lowest BCUT2D eigenvalue weighted by Gasteiger charge is -2.10. The van der Waals surface area contributed by atoms with Crippen LogP contribution < -0.4 is 20.5 Å². The van der Waals surface area contributed by atoms with E-state index in [1.165, 1.54) is 11.8 Å². The molecular formula is C18H18ClN5O3. The molecule has 27 heavy (non-hydrogen) atoms. The molecule has 3 rings (SSSR count). The van der Waals surface area contributed by atoms with Gasteiger partial charge in [-0.05, 0) is 23.8 Å². The fourth-order valence-electron chi connectivity index (χ4n) is 2.50. The number of nitrogen functional groups attached to an aromatic ring is 1. The largest absolute Gasteiger partial charge is 0.493 e. The number of nitrogens with one attached hydrogen (secondary N) is 1. The number of aromatic nitrogens is 3. The van der Waals surface area contributed by atoms with Crippen molar-refractivity contribution in [1.29, 1.82) is 0 Å². The summed E-state index contributed by atoms with van der Waals surface area (Å²) in [7, 11) is 3.07. The van der Waals surface area contributed by atoms with Crippen LogP contribution in [0.3, 0.4) is 0 Å². The van der Waals surface area contributed by atoms with Crippen LogP contribution >= 0.6 is 11.6 Å². The van der Waals surface area contributed by atoms with Gasteiger partial charge in [-0.2, -0.15) is 4.68 Å². The van der Waals surface area contributed by atoms with Crippen LogP contribution in [-0.2, 0) is 6.54 Å². The first-order valence-corrected chi connectivity index (χ1v) is 8.38. The van der Waals surface area contributed by atoms with E-state index in [1.807, 2.05) is 18.2 Å². The Morgan fingerprint density at radius 2 is 1.93 bits per heavy atom. The van der Waals surface area contributed by atoms with Crippen LogP contribution in [0, 0.1) is 0 Å². The van der Waals surface area contributed by atoms with Crippen molar-refractivity contribution in [2.45, 2.75) is 6.54 Å². The van der Waals surface area contributed by atoms with Gasteiger partial charge in [0.05, 0.1) is 19.9 Å². The maximum absolute atomic E-state index is 12.4. The normalized spacial score (nSPS) is 10.5. The maximum atomic E-state index is 12.4. The lowest BCUT2D eigenvalue weighted by Crippen LogP contribution is -2.24. The first-order chi connectivity index (χ1) is 13.0. The molecule has 0 aliphatic rings. The van der Waals surface area contributed by atoms with E-state index in [1.54, 1.807) is 31.4 Å². The second-order valence-electron chi connectivity index (χ2n) is 5.55. The second kappa shape index (κ2) is 7.96. The number of carbonyl (C=O) groups excluding carboxylic acids is 1. The Morgan fingerprint density at radius 3 is 2.63 bits per heavy atom. The molecule has 9 heteroatoms. The maximum Gasteiger partial charge on any atom is 0.275 e. The van der Waals surface area contributed by atoms with Crippen LogP contribution in [0.1, 0.15) is 16.1 Å². The van der Waals surface area contributed by atoms with Crippen molar-refractivity contribution in [3.63, 3.8) is 0 Å². The van der Waals surface area contributed by atoms with Gasteiger partial charge in [-0.25, -0.2) is 0 Å². The number of amides is 1. The number of hydrogen-bond acceptors (Lipinski definition) is 6. The van der Waals surface area contributed by atoms with E-state index in [0.717, 1.165) is 5.56 Å². The molecule has 3 N–H and O–H groups in total. The molecule has 140 valence electrons. The smallest absolute Gasteiger partial charge is 0.275 e. The minimum atomic E-state index is -0.445. The predicted molar refractivity (Wildman–Crippen MR) is 101 cm³/mol. The van der Waals surface area contributed by atoms with E-state index < -0.39 is 5.91 Å². The van der Waals surface area contributed by atoms with E-state index in [2.05, 4.69) is 15.6 Å². The third kappa shape index (κ3) is 3.80. The minimum absolute atomic E-state index is 0.0249. The summed E-state index contributed by atoms with van der Waals surface area (Å²) in [6.07, 6.45) is 0. The lowest BCUT2D eigenvalue weighted by molar-refractivity contribution is 0.0947. The molecule has 1 aromatic heterocycles. The first kappa shape index (κ1) is 18.5. The number of hydrogen-bond donors (Lipinski definition) is 2. The van der Waals surface area contributed by atoms with E-state index >= 15 is 0 Å². The van der Waals surface area contributed by atoms with Gasteiger partial charge in [0.15, 0.2) is 23.0 Å². The molecule has 0 saturated heterocycles. The Bertz CT molecular complexity index is 973. The monoisotopic (exact) mass is 387 g/mol. The predicted octanol–water partition coefficient (Wildman–Crippen LogP) is 2.45. The van der Waals surface area contributed by atoms with Crippen LogP contribution in [0.2, 0.25) is 5.02 Å². The second-order valence-corrected chi connectivity index (χ2v) is 5.96. The van der Waals surface area contributed by atoms with Crippen molar-refractivity contribution in [3.05, 3.63) is 58.7 Å².